The Morgan fingerprint density at radius 3 is 2.19 bits per heavy atom. The fourth-order valence-electron chi connectivity index (χ4n) is 5.48. The van der Waals surface area contributed by atoms with Gasteiger partial charge in [-0.2, -0.15) is 4.31 Å². The third-order valence-corrected chi connectivity index (χ3v) is 9.33. The minimum Gasteiger partial charge on any atom is -0.497 e. The van der Waals surface area contributed by atoms with Crippen molar-refractivity contribution in [1.82, 2.24) is 9.21 Å². The van der Waals surface area contributed by atoms with E-state index in [2.05, 4.69) is 28.9 Å². The van der Waals surface area contributed by atoms with Gasteiger partial charge in [-0.15, -0.1) is 0 Å². The predicted octanol–water partition coefficient (Wildman–Crippen LogP) is 3.71. The highest BCUT2D eigenvalue weighted by molar-refractivity contribution is 7.89. The van der Waals surface area contributed by atoms with E-state index in [-0.39, 0.29) is 29.5 Å². The van der Waals surface area contributed by atoms with Crippen LogP contribution in [0.1, 0.15) is 35.4 Å². The molecule has 2 saturated heterocycles. The zero-order valence-electron chi connectivity index (χ0n) is 21.0. The van der Waals surface area contributed by atoms with E-state index in [0.29, 0.717) is 18.8 Å². The number of hydrogen-bond donors (Lipinski definition) is 1. The van der Waals surface area contributed by atoms with Crippen molar-refractivity contribution in [3.63, 3.8) is 0 Å². The first kappa shape index (κ1) is 25.5. The van der Waals surface area contributed by atoms with Crippen molar-refractivity contribution in [2.45, 2.75) is 35.7 Å². The zero-order valence-corrected chi connectivity index (χ0v) is 21.8. The summed E-state index contributed by atoms with van der Waals surface area (Å²) in [6.07, 6.45) is 1.68. The Hall–Kier alpha value is -3.15. The topological polar surface area (TPSA) is 70.1 Å². The Labute approximate surface area is 219 Å². The molecule has 37 heavy (non-hydrogen) atoms. The molecule has 0 unspecified atom stereocenters. The van der Waals surface area contributed by atoms with Gasteiger partial charge in [0.2, 0.25) is 10.0 Å². The maximum absolute atomic E-state index is 13.6. The van der Waals surface area contributed by atoms with Gasteiger partial charge in [0.25, 0.3) is 0 Å². The molecule has 0 bridgehead atoms. The molecular weight excluding hydrogens is 484 g/mol. The Balaban J connectivity index is 1.38. The summed E-state index contributed by atoms with van der Waals surface area (Å²) in [4.78, 5) is 2.56. The molecule has 192 valence electrons. The zero-order chi connectivity index (χ0) is 25.8. The number of hydrogen-bond acceptors (Lipinski definition) is 5. The standard InChI is InChI=1S/C30H32N2O4S/c1-36-26-15-17-27(18-16-26)37(34,35)31-19-5-6-20-32-28(21-31)30(29(32)22-33)25-13-11-24(12-14-25)10-9-23-7-3-2-4-8-23/h2-4,7-8,11-18,28-30,33H,5-6,19-22H2,1H3/t28-,29+,30+/m0/s1. The molecule has 7 heteroatoms. The molecular formula is C30H32N2O4S. The molecule has 3 aromatic rings. The van der Waals surface area contributed by atoms with Gasteiger partial charge in [0.05, 0.1) is 18.6 Å². The second-order valence-electron chi connectivity index (χ2n) is 9.56. The summed E-state index contributed by atoms with van der Waals surface area (Å²) in [5.74, 6) is 7.07. The second kappa shape index (κ2) is 11.1. The highest BCUT2D eigenvalue weighted by Crippen LogP contribution is 2.42. The van der Waals surface area contributed by atoms with Gasteiger partial charge in [-0.3, -0.25) is 4.90 Å². The van der Waals surface area contributed by atoms with Gasteiger partial charge in [-0.25, -0.2) is 8.42 Å². The number of methoxy groups -OCH3 is 1. The minimum atomic E-state index is -3.65. The van der Waals surface area contributed by atoms with Crippen LogP contribution in [0.3, 0.4) is 0 Å². The van der Waals surface area contributed by atoms with Crippen LogP contribution >= 0.6 is 0 Å². The first-order valence-corrected chi connectivity index (χ1v) is 14.1. The summed E-state index contributed by atoms with van der Waals surface area (Å²) < 4.78 is 33.9. The van der Waals surface area contributed by atoms with Crippen LogP contribution in [0.15, 0.2) is 83.8 Å². The lowest BCUT2D eigenvalue weighted by Gasteiger charge is -2.57. The normalized spacial score (nSPS) is 22.5. The molecule has 0 saturated carbocycles. The van der Waals surface area contributed by atoms with E-state index < -0.39 is 10.0 Å². The van der Waals surface area contributed by atoms with Crippen molar-refractivity contribution in [2.75, 3.05) is 33.4 Å². The van der Waals surface area contributed by atoms with Gasteiger partial charge in [0, 0.05) is 42.2 Å². The molecule has 1 N–H and O–H groups in total. The smallest absolute Gasteiger partial charge is 0.243 e. The summed E-state index contributed by atoms with van der Waals surface area (Å²) in [5.41, 5.74) is 2.99. The van der Waals surface area contributed by atoms with Crippen LogP contribution < -0.4 is 4.74 Å². The lowest BCUT2D eigenvalue weighted by atomic mass is 9.74. The maximum Gasteiger partial charge on any atom is 0.243 e. The van der Waals surface area contributed by atoms with Crippen LogP contribution in [-0.4, -0.2) is 68.2 Å². The molecule has 0 amide bonds. The molecule has 6 nitrogen and oxygen atoms in total. The summed E-state index contributed by atoms with van der Waals surface area (Å²) in [6.45, 7) is 1.79. The molecule has 0 aliphatic carbocycles. The SMILES string of the molecule is COc1ccc(S(=O)(=O)N2CCCCN3[C@H](CO)[C@H](c4ccc(C#Cc5ccccc5)cc4)[C@@H]3C2)cc1. The number of sulfonamides is 1. The number of nitrogens with zero attached hydrogens (tertiary/aromatic N) is 2. The number of aliphatic hydroxyl groups excluding tert-OH is 1. The molecule has 2 fully saturated rings. The lowest BCUT2D eigenvalue weighted by molar-refractivity contribution is -0.0553. The third kappa shape index (κ3) is 5.29. The van der Waals surface area contributed by atoms with Crippen LogP contribution in [0.25, 0.3) is 0 Å². The van der Waals surface area contributed by atoms with Crippen molar-refractivity contribution < 1.29 is 18.3 Å². The van der Waals surface area contributed by atoms with E-state index in [1.54, 1.807) is 35.7 Å². The highest BCUT2D eigenvalue weighted by atomic mass is 32.2. The Morgan fingerprint density at radius 1 is 0.892 bits per heavy atom. The molecule has 2 aliphatic heterocycles. The third-order valence-electron chi connectivity index (χ3n) is 7.45. The van der Waals surface area contributed by atoms with Crippen molar-refractivity contribution >= 4 is 10.0 Å². The fourth-order valence-corrected chi connectivity index (χ4v) is 6.97. The van der Waals surface area contributed by atoms with Gasteiger partial charge in [-0.1, -0.05) is 42.2 Å². The summed E-state index contributed by atoms with van der Waals surface area (Å²) in [7, 11) is -2.09. The van der Waals surface area contributed by atoms with Crippen LogP contribution in [0, 0.1) is 11.8 Å². The van der Waals surface area contributed by atoms with Crippen molar-refractivity contribution in [3.05, 3.63) is 95.6 Å². The average Bonchev–Trinajstić information content (AvgIpc) is 2.92. The molecule has 0 spiro atoms. The minimum absolute atomic E-state index is 0.00623. The van der Waals surface area contributed by atoms with Gasteiger partial charge < -0.3 is 9.84 Å². The molecule has 3 atom stereocenters. The molecule has 2 aliphatic rings. The molecule has 0 aromatic heterocycles. The number of fused-ring (bicyclic) bond motifs is 1. The highest BCUT2D eigenvalue weighted by Gasteiger charge is 2.50. The Kier molecular flexibility index (Phi) is 7.63. The Bertz CT molecular complexity index is 1360. The van der Waals surface area contributed by atoms with Crippen molar-refractivity contribution in [1.29, 1.82) is 0 Å². The van der Waals surface area contributed by atoms with Crippen LogP contribution in [0.2, 0.25) is 0 Å². The van der Waals surface area contributed by atoms with Crippen molar-refractivity contribution in [2.24, 2.45) is 0 Å². The molecule has 3 aromatic carbocycles. The summed E-state index contributed by atoms with van der Waals surface area (Å²) in [5, 5.41) is 10.2. The van der Waals surface area contributed by atoms with Gasteiger partial charge in [0.1, 0.15) is 5.75 Å². The van der Waals surface area contributed by atoms with E-state index in [1.165, 1.54) is 0 Å². The summed E-state index contributed by atoms with van der Waals surface area (Å²) >= 11 is 0. The molecule has 2 heterocycles. The number of aliphatic hydroxyl groups is 1. The molecule has 5 rings (SSSR count). The predicted molar refractivity (Wildman–Crippen MR) is 144 cm³/mol. The monoisotopic (exact) mass is 516 g/mol. The van der Waals surface area contributed by atoms with Gasteiger partial charge in [0.15, 0.2) is 0 Å². The van der Waals surface area contributed by atoms with E-state index in [0.717, 1.165) is 36.1 Å². The molecule has 0 radical (unpaired) electrons. The summed E-state index contributed by atoms with van der Waals surface area (Å²) in [6, 6.07) is 24.6. The van der Waals surface area contributed by atoms with Crippen LogP contribution in [0.5, 0.6) is 5.75 Å². The lowest BCUT2D eigenvalue weighted by Crippen LogP contribution is -2.67. The first-order valence-electron chi connectivity index (χ1n) is 12.7. The van der Waals surface area contributed by atoms with E-state index in [1.807, 2.05) is 42.5 Å². The Morgan fingerprint density at radius 2 is 1.54 bits per heavy atom. The number of rotatable bonds is 5. The number of benzene rings is 3. The average molecular weight is 517 g/mol. The van der Waals surface area contributed by atoms with Gasteiger partial charge in [-0.05, 0) is 73.5 Å². The quantitative estimate of drug-likeness (QED) is 0.524. The van der Waals surface area contributed by atoms with E-state index in [9.17, 15) is 13.5 Å². The van der Waals surface area contributed by atoms with Crippen LogP contribution in [-0.2, 0) is 10.0 Å². The van der Waals surface area contributed by atoms with Crippen LogP contribution in [0.4, 0.5) is 0 Å². The fraction of sp³-hybridized carbons (Fsp3) is 0.333. The maximum atomic E-state index is 13.6. The van der Waals surface area contributed by atoms with Gasteiger partial charge >= 0.3 is 0 Å². The van der Waals surface area contributed by atoms with Crippen molar-refractivity contribution in [3.8, 4) is 17.6 Å². The number of ether oxygens (including phenoxy) is 1. The van der Waals surface area contributed by atoms with E-state index >= 15 is 0 Å². The van der Waals surface area contributed by atoms with E-state index in [4.69, 9.17) is 4.74 Å². The largest absolute Gasteiger partial charge is 0.497 e. The second-order valence-corrected chi connectivity index (χ2v) is 11.5. The first-order chi connectivity index (χ1) is 18.0.